The third kappa shape index (κ3) is 12.0. The highest BCUT2D eigenvalue weighted by Gasteiger charge is 2.23. The van der Waals surface area contributed by atoms with E-state index in [-0.39, 0.29) is 0 Å². The summed E-state index contributed by atoms with van der Waals surface area (Å²) in [5, 5.41) is 15.9. The normalized spacial score (nSPS) is 11.7. The largest absolute Gasteiger partial charge is 0.309 e. The van der Waals surface area contributed by atoms with Crippen LogP contribution in [-0.4, -0.2) is 42.4 Å². The lowest BCUT2D eigenvalue weighted by Gasteiger charge is -2.10. The van der Waals surface area contributed by atoms with Gasteiger partial charge in [-0.3, -0.25) is 14.1 Å². The van der Waals surface area contributed by atoms with Crippen molar-refractivity contribution >= 4 is 142 Å². The summed E-state index contributed by atoms with van der Waals surface area (Å²) in [4.78, 5) is 14.9. The summed E-state index contributed by atoms with van der Waals surface area (Å²) in [6.45, 7) is 0. The summed E-state index contributed by atoms with van der Waals surface area (Å²) in [6, 6.07) is 156. The summed E-state index contributed by atoms with van der Waals surface area (Å²) in [6.07, 6.45) is 5.91. The number of fused-ring (bicyclic) bond motifs is 19. The molecule has 0 N–H and O–H groups in total. The van der Waals surface area contributed by atoms with Gasteiger partial charge in [0.1, 0.15) is 11.3 Å². The smallest absolute Gasteiger partial charge is 0.145 e. The molecule has 9 heterocycles. The molecule has 9 aromatic heterocycles. The average Bonchev–Trinajstić information content (AvgIpc) is 1.59. The Hall–Kier alpha value is -16.8. The summed E-state index contributed by atoms with van der Waals surface area (Å²) in [5.74, 6) is 0. The highest BCUT2D eigenvalue weighted by molar-refractivity contribution is 6.16. The van der Waals surface area contributed by atoms with Gasteiger partial charge in [0.2, 0.25) is 0 Å². The van der Waals surface area contributed by atoms with E-state index in [0.29, 0.717) is 0 Å². The fraction of sp³-hybridized carbons (Fsp3) is 0. The number of pyridine rings is 3. The van der Waals surface area contributed by atoms with Gasteiger partial charge in [-0.25, -0.2) is 9.97 Å². The number of benzene rings is 17. The molecule has 0 spiro atoms. The Labute approximate surface area is 713 Å². The minimum atomic E-state index is 0.962. The van der Waals surface area contributed by atoms with Crippen LogP contribution in [0.25, 0.3) is 221 Å². The Morgan fingerprint density at radius 2 is 0.452 bits per heavy atom. The molecular weight excluding hydrogens is 1510 g/mol. The van der Waals surface area contributed by atoms with E-state index < -0.39 is 0 Å². The number of para-hydroxylation sites is 9. The van der Waals surface area contributed by atoms with E-state index in [4.69, 9.17) is 15.0 Å². The van der Waals surface area contributed by atoms with E-state index >= 15 is 0 Å². The van der Waals surface area contributed by atoms with Gasteiger partial charge in [0.05, 0.1) is 60.7 Å². The first-order chi connectivity index (χ1) is 61.5. The highest BCUT2D eigenvalue weighted by atomic mass is 15.1. The van der Waals surface area contributed by atoms with E-state index in [2.05, 4.69) is 452 Å². The van der Waals surface area contributed by atoms with Crippen LogP contribution in [0.3, 0.4) is 0 Å². The minimum absolute atomic E-state index is 0.962. The molecule has 0 fully saturated rings. The van der Waals surface area contributed by atoms with Crippen LogP contribution in [-0.2, 0) is 0 Å². The first-order valence-corrected chi connectivity index (χ1v) is 42.2. The SMILES string of the molecule is c1ccc(-c2ccc(-n3c4ccccc4c4cc(-c5ccc6c(c5)c5ccccc5n6-c5ccccc5)cnc43)cc2)cc1.c1ccc(-n2c3cc(-c4ccc5c(c4)c4ccccc4n5-c4ccc5ccccc5c4)ccc3c3ncccc32)cc1.c1ccc(-n2c3ccccc3c3cc(-c4cnc5c(c4)c4ccccc4n5-c4ccccc4)ccc32)cc1. The molecule has 26 aromatic rings. The number of nitrogens with zero attached hydrogens (tertiary/aromatic N) is 9. The molecule has 124 heavy (non-hydrogen) atoms. The Morgan fingerprint density at radius 1 is 0.145 bits per heavy atom. The molecule has 0 bridgehead atoms. The Balaban J connectivity index is 0.000000105. The van der Waals surface area contributed by atoms with E-state index in [1.54, 1.807) is 0 Å². The van der Waals surface area contributed by atoms with Crippen molar-refractivity contribution in [1.29, 1.82) is 0 Å². The maximum absolute atomic E-state index is 5.10. The third-order valence-electron chi connectivity index (χ3n) is 24.8. The molecule has 0 amide bonds. The van der Waals surface area contributed by atoms with Crippen molar-refractivity contribution in [3.8, 4) is 78.6 Å². The van der Waals surface area contributed by atoms with E-state index in [9.17, 15) is 0 Å². The summed E-state index contributed by atoms with van der Waals surface area (Å²) in [5.41, 5.74) is 31.0. The van der Waals surface area contributed by atoms with E-state index in [1.165, 1.54) is 137 Å². The maximum Gasteiger partial charge on any atom is 0.145 e. The molecule has 0 atom stereocenters. The Bertz CT molecular complexity index is 8500. The van der Waals surface area contributed by atoms with Gasteiger partial charge >= 0.3 is 0 Å². The molecule has 9 nitrogen and oxygen atoms in total. The minimum Gasteiger partial charge on any atom is -0.309 e. The second kappa shape index (κ2) is 29.6. The fourth-order valence-electron chi connectivity index (χ4n) is 19.2. The first kappa shape index (κ1) is 71.4. The lowest BCUT2D eigenvalue weighted by molar-refractivity contribution is 1.14. The standard InChI is InChI=1S/C41H27N3.C39H25N3.C35H23N3/c1-3-11-28(12-4-1)29-19-22-33(23-20-29)44-39-18-10-8-16-35(39)37-26-31(27-42-41(37)44)30-21-24-40-36(25-30)34-15-7-9-17-38(34)43(40)32-13-5-2-6-14-32;1-2-11-30(12-3-1)41-37-15-8-22-40-39(37)33-20-17-29(25-38(33)41)28-18-21-36-34(24-28)32-13-6-7-14-35(32)42(36)31-19-16-26-9-4-5-10-27(26)23-31;1-3-11-26(12-4-1)37-32-17-9-7-15-28(32)30-21-24(19-20-34(30)37)25-22-31-29-16-8-10-18-33(29)38(35(31)36-23-25)27-13-5-2-6-14-27/h1-27H;1-25H;1-23H. The van der Waals surface area contributed by atoms with Crippen molar-refractivity contribution in [3.05, 3.63) is 455 Å². The Kier molecular flexibility index (Phi) is 17.1. The molecule has 9 heteroatoms. The van der Waals surface area contributed by atoms with Crippen LogP contribution in [0, 0.1) is 0 Å². The highest BCUT2D eigenvalue weighted by Crippen LogP contribution is 2.44. The topological polar surface area (TPSA) is 68.2 Å². The lowest BCUT2D eigenvalue weighted by Crippen LogP contribution is -1.95. The molecule has 580 valence electrons. The molecule has 0 saturated carbocycles. The monoisotopic (exact) mass is 1580 g/mol. The maximum atomic E-state index is 5.10. The van der Waals surface area contributed by atoms with Crippen LogP contribution in [0.5, 0.6) is 0 Å². The fourth-order valence-corrected chi connectivity index (χ4v) is 19.2. The zero-order valence-electron chi connectivity index (χ0n) is 67.3. The molecular formula is C115H75N9. The van der Waals surface area contributed by atoms with Crippen molar-refractivity contribution in [2.24, 2.45) is 0 Å². The predicted octanol–water partition coefficient (Wildman–Crippen LogP) is 29.6. The van der Waals surface area contributed by atoms with Crippen LogP contribution in [0.2, 0.25) is 0 Å². The quantitative estimate of drug-likeness (QED) is 0.137. The molecule has 0 aliphatic carbocycles. The van der Waals surface area contributed by atoms with Crippen molar-refractivity contribution < 1.29 is 0 Å². The van der Waals surface area contributed by atoms with Gasteiger partial charge in [0.25, 0.3) is 0 Å². The second-order valence-corrected chi connectivity index (χ2v) is 31.9. The van der Waals surface area contributed by atoms with Gasteiger partial charge in [0, 0.05) is 123 Å². The van der Waals surface area contributed by atoms with Crippen LogP contribution in [0.1, 0.15) is 0 Å². The summed E-state index contributed by atoms with van der Waals surface area (Å²) in [7, 11) is 0. The van der Waals surface area contributed by atoms with Gasteiger partial charge in [0.15, 0.2) is 0 Å². The van der Waals surface area contributed by atoms with Gasteiger partial charge in [-0.1, -0.05) is 261 Å². The zero-order valence-corrected chi connectivity index (χ0v) is 67.3. The van der Waals surface area contributed by atoms with Crippen LogP contribution < -0.4 is 0 Å². The van der Waals surface area contributed by atoms with Gasteiger partial charge < -0.3 is 18.3 Å². The summed E-state index contributed by atoms with van der Waals surface area (Å²) >= 11 is 0. The van der Waals surface area contributed by atoms with Crippen molar-refractivity contribution in [2.45, 2.75) is 0 Å². The Morgan fingerprint density at radius 3 is 0.919 bits per heavy atom. The van der Waals surface area contributed by atoms with Crippen molar-refractivity contribution in [1.82, 2.24) is 42.4 Å². The molecule has 0 unspecified atom stereocenters. The van der Waals surface area contributed by atoms with E-state index in [0.717, 1.165) is 83.3 Å². The molecule has 0 saturated heterocycles. The lowest BCUT2D eigenvalue weighted by atomic mass is 10.0. The van der Waals surface area contributed by atoms with Crippen molar-refractivity contribution in [3.63, 3.8) is 0 Å². The van der Waals surface area contributed by atoms with Gasteiger partial charge in [-0.15, -0.1) is 0 Å². The first-order valence-electron chi connectivity index (χ1n) is 42.2. The average molecular weight is 1580 g/mol. The number of hydrogen-bond acceptors (Lipinski definition) is 3. The molecule has 0 aliphatic rings. The molecule has 0 radical (unpaired) electrons. The predicted molar refractivity (Wildman–Crippen MR) is 518 cm³/mol. The van der Waals surface area contributed by atoms with Gasteiger partial charge in [-0.2, -0.15) is 0 Å². The molecule has 0 aliphatic heterocycles. The van der Waals surface area contributed by atoms with Crippen LogP contribution in [0.15, 0.2) is 455 Å². The summed E-state index contributed by atoms with van der Waals surface area (Å²) < 4.78 is 14.0. The van der Waals surface area contributed by atoms with Gasteiger partial charge in [-0.05, 0) is 220 Å². The van der Waals surface area contributed by atoms with Crippen molar-refractivity contribution in [2.75, 3.05) is 0 Å². The third-order valence-corrected chi connectivity index (χ3v) is 24.8. The zero-order chi connectivity index (χ0) is 81.7. The number of aromatic nitrogens is 9. The second-order valence-electron chi connectivity index (χ2n) is 31.9. The molecule has 17 aromatic carbocycles. The number of hydrogen-bond donors (Lipinski definition) is 0. The van der Waals surface area contributed by atoms with Crippen LogP contribution in [0.4, 0.5) is 0 Å². The van der Waals surface area contributed by atoms with Crippen LogP contribution >= 0.6 is 0 Å². The number of rotatable bonds is 10. The van der Waals surface area contributed by atoms with E-state index in [1.807, 2.05) is 30.7 Å². The molecule has 26 rings (SSSR count).